The average molecular weight is 299 g/mol. The summed E-state index contributed by atoms with van der Waals surface area (Å²) in [5.74, 6) is 1.60. The monoisotopic (exact) mass is 298 g/mol. The summed E-state index contributed by atoms with van der Waals surface area (Å²) in [5, 5.41) is 7.61. The molecule has 0 saturated heterocycles. The average Bonchev–Trinajstić information content (AvgIpc) is 2.63. The summed E-state index contributed by atoms with van der Waals surface area (Å²) in [6.45, 7) is 1.88. The standard InChI is InChI=1S/C10H11BrN4S/c1-6-13-10(15-14-6)16-5-7-2-3-8(11)4-9(7)12/h2-4H,5,12H2,1H3,(H,13,14,15). The van der Waals surface area contributed by atoms with E-state index in [-0.39, 0.29) is 0 Å². The normalized spacial score (nSPS) is 10.6. The minimum Gasteiger partial charge on any atom is -0.398 e. The fourth-order valence-corrected chi connectivity index (χ4v) is 2.46. The van der Waals surface area contributed by atoms with Crippen molar-refractivity contribution in [2.24, 2.45) is 0 Å². The van der Waals surface area contributed by atoms with Crippen molar-refractivity contribution in [2.75, 3.05) is 5.73 Å². The zero-order chi connectivity index (χ0) is 11.5. The molecule has 0 radical (unpaired) electrons. The highest BCUT2D eigenvalue weighted by Crippen LogP contribution is 2.25. The molecular formula is C10H11BrN4S. The maximum absolute atomic E-state index is 5.90. The number of nitrogen functional groups attached to an aromatic ring is 1. The minimum absolute atomic E-state index is 0.750. The molecule has 2 rings (SSSR count). The van der Waals surface area contributed by atoms with Gasteiger partial charge >= 0.3 is 0 Å². The molecule has 0 atom stereocenters. The lowest BCUT2D eigenvalue weighted by molar-refractivity contribution is 0.969. The minimum atomic E-state index is 0.750. The van der Waals surface area contributed by atoms with Crippen LogP contribution in [0.15, 0.2) is 27.8 Å². The lowest BCUT2D eigenvalue weighted by Crippen LogP contribution is -1.92. The number of halogens is 1. The summed E-state index contributed by atoms with van der Waals surface area (Å²) in [6, 6.07) is 5.89. The third-order valence-electron chi connectivity index (χ3n) is 2.04. The summed E-state index contributed by atoms with van der Waals surface area (Å²) in [7, 11) is 0. The first-order chi connectivity index (χ1) is 7.65. The van der Waals surface area contributed by atoms with Crippen LogP contribution in [0.25, 0.3) is 0 Å². The molecule has 0 unspecified atom stereocenters. The van der Waals surface area contributed by atoms with Gasteiger partial charge in [-0.2, -0.15) is 0 Å². The van der Waals surface area contributed by atoms with E-state index >= 15 is 0 Å². The van der Waals surface area contributed by atoms with Crippen molar-refractivity contribution in [3.63, 3.8) is 0 Å². The Bertz CT molecular complexity index is 497. The third-order valence-corrected chi connectivity index (χ3v) is 3.43. The van der Waals surface area contributed by atoms with Gasteiger partial charge in [0.2, 0.25) is 5.16 Å². The lowest BCUT2D eigenvalue weighted by Gasteiger charge is -2.03. The number of H-pyrrole nitrogens is 1. The van der Waals surface area contributed by atoms with Crippen LogP contribution in [-0.4, -0.2) is 15.2 Å². The highest BCUT2D eigenvalue weighted by Gasteiger charge is 2.04. The molecule has 6 heteroatoms. The molecule has 2 aromatic rings. The predicted molar refractivity (Wildman–Crippen MR) is 69.2 cm³/mol. The molecular weight excluding hydrogens is 288 g/mol. The summed E-state index contributed by atoms with van der Waals surface area (Å²) in [6.07, 6.45) is 0. The molecule has 16 heavy (non-hydrogen) atoms. The first-order valence-corrected chi connectivity index (χ1v) is 6.49. The number of hydrogen-bond acceptors (Lipinski definition) is 4. The lowest BCUT2D eigenvalue weighted by atomic mass is 10.2. The fourth-order valence-electron chi connectivity index (χ4n) is 1.23. The Morgan fingerprint density at radius 1 is 1.50 bits per heavy atom. The van der Waals surface area contributed by atoms with Crippen molar-refractivity contribution in [1.29, 1.82) is 0 Å². The van der Waals surface area contributed by atoms with Gasteiger partial charge in [0.1, 0.15) is 5.82 Å². The van der Waals surface area contributed by atoms with E-state index < -0.39 is 0 Å². The number of anilines is 1. The van der Waals surface area contributed by atoms with E-state index in [0.717, 1.165) is 32.5 Å². The second-order valence-electron chi connectivity index (χ2n) is 3.34. The van der Waals surface area contributed by atoms with Gasteiger partial charge < -0.3 is 5.73 Å². The molecule has 0 amide bonds. The molecule has 4 nitrogen and oxygen atoms in total. The maximum atomic E-state index is 5.90. The quantitative estimate of drug-likeness (QED) is 0.675. The van der Waals surface area contributed by atoms with E-state index in [9.17, 15) is 0 Å². The van der Waals surface area contributed by atoms with Gasteiger partial charge in [0.25, 0.3) is 0 Å². The SMILES string of the molecule is Cc1nc(SCc2ccc(Br)cc2N)n[nH]1. The molecule has 0 aliphatic heterocycles. The van der Waals surface area contributed by atoms with E-state index in [1.807, 2.05) is 25.1 Å². The Morgan fingerprint density at radius 3 is 2.94 bits per heavy atom. The van der Waals surface area contributed by atoms with Crippen LogP contribution in [0.3, 0.4) is 0 Å². The molecule has 84 valence electrons. The molecule has 0 bridgehead atoms. The molecule has 0 aliphatic carbocycles. The van der Waals surface area contributed by atoms with Crippen LogP contribution in [0, 0.1) is 6.92 Å². The highest BCUT2D eigenvalue weighted by molar-refractivity contribution is 9.10. The molecule has 0 aliphatic rings. The van der Waals surface area contributed by atoms with Gasteiger partial charge in [0, 0.05) is 15.9 Å². The van der Waals surface area contributed by atoms with Crippen molar-refractivity contribution in [3.05, 3.63) is 34.1 Å². The number of nitrogens with one attached hydrogen (secondary N) is 1. The second-order valence-corrected chi connectivity index (χ2v) is 5.19. The number of aromatic nitrogens is 3. The predicted octanol–water partition coefficient (Wildman–Crippen LogP) is 2.75. The van der Waals surface area contributed by atoms with Crippen LogP contribution in [0.4, 0.5) is 5.69 Å². The van der Waals surface area contributed by atoms with Crippen molar-refractivity contribution in [2.45, 2.75) is 17.8 Å². The van der Waals surface area contributed by atoms with Crippen LogP contribution in [0.5, 0.6) is 0 Å². The molecule has 1 aromatic carbocycles. The summed E-state index contributed by atoms with van der Waals surface area (Å²) < 4.78 is 0.993. The van der Waals surface area contributed by atoms with E-state index in [4.69, 9.17) is 5.73 Å². The Hall–Kier alpha value is -1.01. The zero-order valence-corrected chi connectivity index (χ0v) is 11.1. The third kappa shape index (κ3) is 2.76. The van der Waals surface area contributed by atoms with Gasteiger partial charge in [0.15, 0.2) is 0 Å². The smallest absolute Gasteiger partial charge is 0.208 e. The Labute approximate surface area is 106 Å². The van der Waals surface area contributed by atoms with Gasteiger partial charge in [-0.3, -0.25) is 5.10 Å². The number of nitrogens with two attached hydrogens (primary N) is 1. The van der Waals surface area contributed by atoms with Crippen LogP contribution >= 0.6 is 27.7 Å². The topological polar surface area (TPSA) is 67.6 Å². The van der Waals surface area contributed by atoms with Crippen molar-refractivity contribution < 1.29 is 0 Å². The van der Waals surface area contributed by atoms with Crippen LogP contribution in [-0.2, 0) is 5.75 Å². The van der Waals surface area contributed by atoms with E-state index in [0.29, 0.717) is 0 Å². The number of aryl methyl sites for hydroxylation is 1. The zero-order valence-electron chi connectivity index (χ0n) is 8.70. The number of aromatic amines is 1. The van der Waals surface area contributed by atoms with Crippen LogP contribution in [0.1, 0.15) is 11.4 Å². The summed E-state index contributed by atoms with van der Waals surface area (Å²) >= 11 is 4.94. The first-order valence-electron chi connectivity index (χ1n) is 4.71. The summed E-state index contributed by atoms with van der Waals surface area (Å²) in [5.41, 5.74) is 7.78. The second kappa shape index (κ2) is 4.88. The first kappa shape index (κ1) is 11.5. The summed E-state index contributed by atoms with van der Waals surface area (Å²) in [4.78, 5) is 4.22. The molecule has 0 spiro atoms. The van der Waals surface area contributed by atoms with Gasteiger partial charge in [-0.1, -0.05) is 33.8 Å². The Kier molecular flexibility index (Phi) is 3.50. The van der Waals surface area contributed by atoms with Crippen molar-refractivity contribution >= 4 is 33.4 Å². The van der Waals surface area contributed by atoms with Crippen LogP contribution in [0.2, 0.25) is 0 Å². The molecule has 3 N–H and O–H groups in total. The number of rotatable bonds is 3. The number of nitrogens with zero attached hydrogens (tertiary/aromatic N) is 2. The van der Waals surface area contributed by atoms with Gasteiger partial charge in [-0.05, 0) is 24.6 Å². The molecule has 0 saturated carbocycles. The Balaban J connectivity index is 2.04. The van der Waals surface area contributed by atoms with Gasteiger partial charge in [-0.25, -0.2) is 4.98 Å². The highest BCUT2D eigenvalue weighted by atomic mass is 79.9. The maximum Gasteiger partial charge on any atom is 0.208 e. The molecule has 1 heterocycles. The number of thioether (sulfide) groups is 1. The number of benzene rings is 1. The van der Waals surface area contributed by atoms with Gasteiger partial charge in [0.05, 0.1) is 0 Å². The van der Waals surface area contributed by atoms with E-state index in [1.54, 1.807) is 11.8 Å². The van der Waals surface area contributed by atoms with Gasteiger partial charge in [-0.15, -0.1) is 5.10 Å². The largest absolute Gasteiger partial charge is 0.398 e. The van der Waals surface area contributed by atoms with E-state index in [1.165, 1.54) is 0 Å². The van der Waals surface area contributed by atoms with Crippen molar-refractivity contribution in [1.82, 2.24) is 15.2 Å². The molecule has 0 fully saturated rings. The fraction of sp³-hybridized carbons (Fsp3) is 0.200. The number of hydrogen-bond donors (Lipinski definition) is 2. The van der Waals surface area contributed by atoms with Crippen molar-refractivity contribution in [3.8, 4) is 0 Å². The van der Waals surface area contributed by atoms with Crippen LogP contribution < -0.4 is 5.73 Å². The Morgan fingerprint density at radius 2 is 2.31 bits per heavy atom. The molecule has 1 aromatic heterocycles. The van der Waals surface area contributed by atoms with E-state index in [2.05, 4.69) is 31.1 Å².